The van der Waals surface area contributed by atoms with Gasteiger partial charge < -0.3 is 10.8 Å². The van der Waals surface area contributed by atoms with E-state index in [9.17, 15) is 0 Å². The van der Waals surface area contributed by atoms with Gasteiger partial charge in [-0.1, -0.05) is 18.2 Å². The van der Waals surface area contributed by atoms with Crippen molar-refractivity contribution < 1.29 is 5.11 Å². The molecule has 0 saturated heterocycles. The number of benzene rings is 1. The van der Waals surface area contributed by atoms with E-state index in [0.29, 0.717) is 10.9 Å². The number of halogens is 1. The third-order valence-corrected chi connectivity index (χ3v) is 3.67. The number of aliphatic hydroxyl groups is 1. The van der Waals surface area contributed by atoms with Gasteiger partial charge in [-0.15, -0.1) is 22.9 Å². The van der Waals surface area contributed by atoms with Crippen LogP contribution in [0.3, 0.4) is 0 Å². The Kier molecular flexibility index (Phi) is 2.63. The predicted molar refractivity (Wildman–Crippen MR) is 61.7 cm³/mol. The number of hydrogen-bond donors (Lipinski definition) is 2. The maximum Gasteiger partial charge on any atom is 0.0924 e. The first-order chi connectivity index (χ1) is 6.77. The average Bonchev–Trinajstić information content (AvgIpc) is 2.52. The molecule has 0 saturated carbocycles. The highest BCUT2D eigenvalue weighted by Crippen LogP contribution is 2.36. The van der Waals surface area contributed by atoms with Crippen molar-refractivity contribution in [3.05, 3.63) is 29.3 Å². The van der Waals surface area contributed by atoms with Crippen molar-refractivity contribution in [3.8, 4) is 0 Å². The first kappa shape index (κ1) is 9.77. The second kappa shape index (κ2) is 3.77. The van der Waals surface area contributed by atoms with Gasteiger partial charge in [-0.2, -0.15) is 0 Å². The summed E-state index contributed by atoms with van der Waals surface area (Å²) in [6, 6.07) is 5.88. The van der Waals surface area contributed by atoms with Crippen LogP contribution in [0.5, 0.6) is 0 Å². The van der Waals surface area contributed by atoms with E-state index >= 15 is 0 Å². The number of hydrogen-bond acceptors (Lipinski definition) is 3. The Morgan fingerprint density at radius 1 is 1.43 bits per heavy atom. The molecule has 74 valence electrons. The van der Waals surface area contributed by atoms with Crippen LogP contribution in [0, 0.1) is 0 Å². The zero-order valence-corrected chi connectivity index (χ0v) is 9.03. The van der Waals surface area contributed by atoms with Crippen LogP contribution in [0.25, 0.3) is 10.1 Å². The van der Waals surface area contributed by atoms with Crippen LogP contribution in [-0.4, -0.2) is 5.11 Å². The zero-order valence-electron chi connectivity index (χ0n) is 7.46. The Bertz CT molecular complexity index is 466. The van der Waals surface area contributed by atoms with Gasteiger partial charge in [0.1, 0.15) is 0 Å². The quantitative estimate of drug-likeness (QED) is 0.775. The average molecular weight is 228 g/mol. The molecule has 0 aliphatic heterocycles. The van der Waals surface area contributed by atoms with Gasteiger partial charge in [0, 0.05) is 21.5 Å². The molecule has 0 atom stereocenters. The fourth-order valence-corrected chi connectivity index (χ4v) is 2.91. The van der Waals surface area contributed by atoms with Crippen molar-refractivity contribution in [2.45, 2.75) is 12.5 Å². The number of thiophene rings is 1. The molecule has 2 nitrogen and oxygen atoms in total. The summed E-state index contributed by atoms with van der Waals surface area (Å²) in [5, 5.41) is 10.9. The minimum atomic E-state index is -0.0163. The van der Waals surface area contributed by atoms with Crippen molar-refractivity contribution in [2.24, 2.45) is 0 Å². The van der Waals surface area contributed by atoms with E-state index < -0.39 is 0 Å². The topological polar surface area (TPSA) is 46.2 Å². The van der Waals surface area contributed by atoms with Gasteiger partial charge >= 0.3 is 0 Å². The molecular formula is C10H10ClNOS. The molecular weight excluding hydrogens is 218 g/mol. The van der Waals surface area contributed by atoms with Gasteiger partial charge in [0.15, 0.2) is 0 Å². The molecule has 0 spiro atoms. The number of alkyl halides is 1. The first-order valence-corrected chi connectivity index (χ1v) is 5.58. The van der Waals surface area contributed by atoms with Crippen molar-refractivity contribution in [2.75, 3.05) is 5.73 Å². The third-order valence-electron chi connectivity index (χ3n) is 2.23. The van der Waals surface area contributed by atoms with Crippen molar-refractivity contribution in [3.63, 3.8) is 0 Å². The molecule has 0 amide bonds. The van der Waals surface area contributed by atoms with E-state index in [-0.39, 0.29) is 6.61 Å². The predicted octanol–water partition coefficient (Wildman–Crippen LogP) is 2.71. The molecule has 0 aliphatic rings. The SMILES string of the molecule is Nc1sc2c(CCl)cccc2c1CO. The summed E-state index contributed by atoms with van der Waals surface area (Å²) < 4.78 is 1.09. The molecule has 3 N–H and O–H groups in total. The van der Waals surface area contributed by atoms with Crippen LogP contribution >= 0.6 is 22.9 Å². The monoisotopic (exact) mass is 227 g/mol. The molecule has 0 unspecified atom stereocenters. The van der Waals surface area contributed by atoms with E-state index in [1.807, 2.05) is 18.2 Å². The van der Waals surface area contributed by atoms with Gasteiger partial charge in [-0.05, 0) is 5.56 Å². The van der Waals surface area contributed by atoms with Crippen molar-refractivity contribution >= 4 is 38.0 Å². The van der Waals surface area contributed by atoms with Crippen LogP contribution in [0.1, 0.15) is 11.1 Å². The Hall–Kier alpha value is -0.770. The number of rotatable bonds is 2. The first-order valence-electron chi connectivity index (χ1n) is 4.23. The van der Waals surface area contributed by atoms with Crippen molar-refractivity contribution in [1.29, 1.82) is 0 Å². The Morgan fingerprint density at radius 2 is 2.21 bits per heavy atom. The number of nitrogens with two attached hydrogens (primary N) is 1. The van der Waals surface area contributed by atoms with Crippen LogP contribution < -0.4 is 5.73 Å². The van der Waals surface area contributed by atoms with E-state index in [1.54, 1.807) is 0 Å². The molecule has 0 fully saturated rings. The third kappa shape index (κ3) is 1.38. The highest BCUT2D eigenvalue weighted by molar-refractivity contribution is 7.23. The van der Waals surface area contributed by atoms with Gasteiger partial charge in [-0.3, -0.25) is 0 Å². The molecule has 1 aromatic carbocycles. The van der Waals surface area contributed by atoms with Crippen LogP contribution in [-0.2, 0) is 12.5 Å². The molecule has 1 aromatic heterocycles. The van der Waals surface area contributed by atoms with Gasteiger partial charge in [0.05, 0.1) is 11.6 Å². The lowest BCUT2D eigenvalue weighted by molar-refractivity contribution is 0.284. The summed E-state index contributed by atoms with van der Waals surface area (Å²) in [6.45, 7) is -0.0163. The van der Waals surface area contributed by atoms with Crippen LogP contribution in [0.4, 0.5) is 5.00 Å². The van der Waals surface area contributed by atoms with E-state index in [0.717, 1.165) is 21.2 Å². The van der Waals surface area contributed by atoms with Crippen LogP contribution in [0.15, 0.2) is 18.2 Å². The molecule has 2 aromatic rings. The van der Waals surface area contributed by atoms with Crippen LogP contribution in [0.2, 0.25) is 0 Å². The smallest absolute Gasteiger partial charge is 0.0924 e. The standard InChI is InChI=1S/C10H10ClNOS/c11-4-6-2-1-3-7-8(5-13)10(12)14-9(6)7/h1-3,13H,4-5,12H2. The van der Waals surface area contributed by atoms with Gasteiger partial charge in [0.2, 0.25) is 0 Å². The van der Waals surface area contributed by atoms with Gasteiger partial charge in [0.25, 0.3) is 0 Å². The summed E-state index contributed by atoms with van der Waals surface area (Å²) in [5.41, 5.74) is 7.69. The Labute approximate surface area is 90.9 Å². The molecule has 4 heteroatoms. The summed E-state index contributed by atoms with van der Waals surface area (Å²) >= 11 is 7.30. The van der Waals surface area contributed by atoms with E-state index in [4.69, 9.17) is 22.4 Å². The fourth-order valence-electron chi connectivity index (χ4n) is 1.52. The Balaban J connectivity index is 2.79. The largest absolute Gasteiger partial charge is 0.392 e. The fraction of sp³-hybridized carbons (Fsp3) is 0.200. The summed E-state index contributed by atoms with van der Waals surface area (Å²) in [6.07, 6.45) is 0. The lowest BCUT2D eigenvalue weighted by atomic mass is 10.1. The number of aliphatic hydroxyl groups excluding tert-OH is 1. The molecule has 0 bridgehead atoms. The second-order valence-electron chi connectivity index (χ2n) is 3.03. The summed E-state index contributed by atoms with van der Waals surface area (Å²) in [5.74, 6) is 0.474. The highest BCUT2D eigenvalue weighted by atomic mass is 35.5. The lowest BCUT2D eigenvalue weighted by Gasteiger charge is -1.98. The van der Waals surface area contributed by atoms with Crippen molar-refractivity contribution in [1.82, 2.24) is 0 Å². The molecule has 0 aliphatic carbocycles. The second-order valence-corrected chi connectivity index (χ2v) is 4.35. The van der Waals surface area contributed by atoms with E-state index in [2.05, 4.69) is 0 Å². The number of fused-ring (bicyclic) bond motifs is 1. The number of anilines is 1. The normalized spacial score (nSPS) is 11.0. The molecule has 0 radical (unpaired) electrons. The molecule has 1 heterocycles. The summed E-state index contributed by atoms with van der Waals surface area (Å²) in [7, 11) is 0. The molecule has 2 rings (SSSR count). The maximum absolute atomic E-state index is 9.16. The zero-order chi connectivity index (χ0) is 10.1. The minimum Gasteiger partial charge on any atom is -0.392 e. The van der Waals surface area contributed by atoms with Gasteiger partial charge in [-0.25, -0.2) is 0 Å². The highest BCUT2D eigenvalue weighted by Gasteiger charge is 2.10. The molecule has 14 heavy (non-hydrogen) atoms. The van der Waals surface area contributed by atoms with E-state index in [1.165, 1.54) is 11.3 Å². The Morgan fingerprint density at radius 3 is 2.86 bits per heavy atom. The number of nitrogen functional groups attached to an aromatic ring is 1. The maximum atomic E-state index is 9.16. The minimum absolute atomic E-state index is 0.0163. The summed E-state index contributed by atoms with van der Waals surface area (Å²) in [4.78, 5) is 0. The lowest BCUT2D eigenvalue weighted by Crippen LogP contribution is -1.87.